The lowest BCUT2D eigenvalue weighted by Gasteiger charge is -2.18. The second kappa shape index (κ2) is 55.3. The Labute approximate surface area is 418 Å². The molecular formula is C61H118O6. The van der Waals surface area contributed by atoms with Gasteiger partial charge >= 0.3 is 17.9 Å². The summed E-state index contributed by atoms with van der Waals surface area (Å²) in [5, 5.41) is 0. The molecule has 0 bridgehead atoms. The molecule has 0 N–H and O–H groups in total. The molecule has 0 radical (unpaired) electrons. The Morgan fingerprint density at radius 1 is 0.299 bits per heavy atom. The predicted octanol–water partition coefficient (Wildman–Crippen LogP) is 20.2. The van der Waals surface area contributed by atoms with Crippen molar-refractivity contribution in [1.82, 2.24) is 0 Å². The van der Waals surface area contributed by atoms with Crippen molar-refractivity contribution in [3.05, 3.63) is 0 Å². The van der Waals surface area contributed by atoms with Gasteiger partial charge in [0.15, 0.2) is 6.10 Å². The molecule has 6 heteroatoms. The van der Waals surface area contributed by atoms with Gasteiger partial charge in [-0.3, -0.25) is 14.4 Å². The zero-order valence-electron chi connectivity index (χ0n) is 45.9. The number of hydrogen-bond acceptors (Lipinski definition) is 6. The summed E-state index contributed by atoms with van der Waals surface area (Å²) in [7, 11) is 0. The number of carbonyl (C=O) groups is 3. The lowest BCUT2D eigenvalue weighted by Crippen LogP contribution is -2.30. The second-order valence-corrected chi connectivity index (χ2v) is 21.2. The third-order valence-corrected chi connectivity index (χ3v) is 14.4. The van der Waals surface area contributed by atoms with Crippen molar-refractivity contribution < 1.29 is 28.6 Å². The Balaban J connectivity index is 4.29. The Bertz CT molecular complexity index is 1010. The molecule has 0 spiro atoms. The highest BCUT2D eigenvalue weighted by molar-refractivity contribution is 5.71. The highest BCUT2D eigenvalue weighted by atomic mass is 16.6. The minimum atomic E-state index is -0.762. The number of rotatable bonds is 56. The van der Waals surface area contributed by atoms with E-state index in [1.165, 1.54) is 244 Å². The number of unbranched alkanes of at least 4 members (excludes halogenated alkanes) is 42. The number of carbonyl (C=O) groups excluding carboxylic acids is 3. The molecule has 0 saturated carbocycles. The molecule has 67 heavy (non-hydrogen) atoms. The molecule has 0 heterocycles. The van der Waals surface area contributed by atoms with E-state index in [0.29, 0.717) is 19.3 Å². The minimum absolute atomic E-state index is 0.0615. The molecular weight excluding hydrogens is 829 g/mol. The molecule has 1 unspecified atom stereocenters. The Hall–Kier alpha value is -1.59. The summed E-state index contributed by atoms with van der Waals surface area (Å²) in [4.78, 5) is 38.2. The fourth-order valence-corrected chi connectivity index (χ4v) is 9.42. The van der Waals surface area contributed by atoms with Crippen molar-refractivity contribution >= 4 is 17.9 Å². The van der Waals surface area contributed by atoms with Gasteiger partial charge in [-0.05, 0) is 25.2 Å². The number of ether oxygens (including phenoxy) is 3. The summed E-state index contributed by atoms with van der Waals surface area (Å²) in [5.41, 5.74) is 0. The predicted molar refractivity (Wildman–Crippen MR) is 289 cm³/mol. The molecule has 6 nitrogen and oxygen atoms in total. The van der Waals surface area contributed by atoms with Crippen LogP contribution in [0.4, 0.5) is 0 Å². The second-order valence-electron chi connectivity index (χ2n) is 21.2. The van der Waals surface area contributed by atoms with Crippen molar-refractivity contribution in [2.75, 3.05) is 13.2 Å². The Kier molecular flexibility index (Phi) is 54.0. The zero-order chi connectivity index (χ0) is 48.8. The van der Waals surface area contributed by atoms with Gasteiger partial charge in [0.25, 0.3) is 0 Å². The summed E-state index contributed by atoms with van der Waals surface area (Å²) in [5.74, 6) is 0.0648. The van der Waals surface area contributed by atoms with E-state index in [2.05, 4.69) is 27.7 Å². The minimum Gasteiger partial charge on any atom is -0.462 e. The highest BCUT2D eigenvalue weighted by Crippen LogP contribution is 2.19. The van der Waals surface area contributed by atoms with E-state index >= 15 is 0 Å². The number of esters is 3. The standard InChI is InChI=1S/C61H118O6/c1-5-8-10-12-14-16-18-20-22-23-24-30-34-38-42-46-50-54-61(64)67-58(55-65-59(62)52-48-44-40-36-32-28-21-19-17-15-13-11-9-6-2)56-66-60(63)53-49-45-41-37-33-29-26-25-27-31-35-39-43-47-51-57(4)7-3/h57-58H,5-56H2,1-4H3/t57?,58-/m0/s1. The van der Waals surface area contributed by atoms with Crippen molar-refractivity contribution in [2.24, 2.45) is 5.92 Å². The van der Waals surface area contributed by atoms with Crippen LogP contribution in [-0.4, -0.2) is 37.2 Å². The summed E-state index contributed by atoms with van der Waals surface area (Å²) >= 11 is 0. The molecule has 0 aliphatic rings. The van der Waals surface area contributed by atoms with Gasteiger partial charge in [-0.1, -0.05) is 310 Å². The zero-order valence-corrected chi connectivity index (χ0v) is 45.9. The first-order valence-electron chi connectivity index (χ1n) is 30.4. The van der Waals surface area contributed by atoms with Gasteiger partial charge in [-0.2, -0.15) is 0 Å². The topological polar surface area (TPSA) is 78.9 Å². The molecule has 0 amide bonds. The molecule has 0 fully saturated rings. The summed E-state index contributed by atoms with van der Waals surface area (Å²) in [6, 6.07) is 0. The molecule has 0 rings (SSSR count). The van der Waals surface area contributed by atoms with Crippen LogP contribution in [-0.2, 0) is 28.6 Å². The van der Waals surface area contributed by atoms with Crippen molar-refractivity contribution in [1.29, 1.82) is 0 Å². The number of hydrogen-bond donors (Lipinski definition) is 0. The van der Waals surface area contributed by atoms with E-state index in [1.54, 1.807) is 0 Å². The van der Waals surface area contributed by atoms with E-state index < -0.39 is 6.10 Å². The fraction of sp³-hybridized carbons (Fsp3) is 0.951. The van der Waals surface area contributed by atoms with Gasteiger partial charge in [0.2, 0.25) is 0 Å². The lowest BCUT2D eigenvalue weighted by molar-refractivity contribution is -0.167. The smallest absolute Gasteiger partial charge is 0.306 e. The molecule has 0 aromatic rings. The normalized spacial score (nSPS) is 12.4. The van der Waals surface area contributed by atoms with Gasteiger partial charge in [-0.25, -0.2) is 0 Å². The maximum Gasteiger partial charge on any atom is 0.306 e. The third kappa shape index (κ3) is 53.6. The Morgan fingerprint density at radius 2 is 0.522 bits per heavy atom. The SMILES string of the molecule is CCCCCCCCCCCCCCCCCCCC(=O)O[C@@H](COC(=O)CCCCCCCCCCCCCCCC)COC(=O)CCCCCCCCCCCCCCCCC(C)CC. The van der Waals surface area contributed by atoms with Crippen LogP contribution < -0.4 is 0 Å². The van der Waals surface area contributed by atoms with Crippen LogP contribution in [0, 0.1) is 5.92 Å². The van der Waals surface area contributed by atoms with Crippen molar-refractivity contribution in [3.8, 4) is 0 Å². The van der Waals surface area contributed by atoms with Gasteiger partial charge in [0.1, 0.15) is 13.2 Å². The van der Waals surface area contributed by atoms with Crippen LogP contribution in [0.2, 0.25) is 0 Å². The van der Waals surface area contributed by atoms with Gasteiger partial charge in [-0.15, -0.1) is 0 Å². The maximum absolute atomic E-state index is 12.9. The average Bonchev–Trinajstić information content (AvgIpc) is 3.33. The molecule has 0 saturated heterocycles. The molecule has 0 aliphatic carbocycles. The molecule has 398 valence electrons. The highest BCUT2D eigenvalue weighted by Gasteiger charge is 2.19. The van der Waals surface area contributed by atoms with Crippen molar-refractivity contribution in [3.63, 3.8) is 0 Å². The van der Waals surface area contributed by atoms with Crippen LogP contribution in [0.3, 0.4) is 0 Å². The molecule has 0 aromatic heterocycles. The van der Waals surface area contributed by atoms with E-state index in [1.807, 2.05) is 0 Å². The van der Waals surface area contributed by atoms with Crippen LogP contribution in [0.25, 0.3) is 0 Å². The maximum atomic E-state index is 12.9. The Morgan fingerprint density at radius 3 is 0.776 bits per heavy atom. The van der Waals surface area contributed by atoms with Crippen LogP contribution in [0.15, 0.2) is 0 Å². The largest absolute Gasteiger partial charge is 0.462 e. The van der Waals surface area contributed by atoms with E-state index in [-0.39, 0.29) is 31.1 Å². The first kappa shape index (κ1) is 65.4. The van der Waals surface area contributed by atoms with Crippen LogP contribution in [0.5, 0.6) is 0 Å². The molecule has 0 aromatic carbocycles. The fourth-order valence-electron chi connectivity index (χ4n) is 9.42. The van der Waals surface area contributed by atoms with Crippen LogP contribution in [0.1, 0.15) is 349 Å². The molecule has 0 aliphatic heterocycles. The van der Waals surface area contributed by atoms with Gasteiger partial charge in [0.05, 0.1) is 0 Å². The summed E-state index contributed by atoms with van der Waals surface area (Å²) in [6.45, 7) is 9.11. The van der Waals surface area contributed by atoms with E-state index in [4.69, 9.17) is 14.2 Å². The van der Waals surface area contributed by atoms with Gasteiger partial charge in [0, 0.05) is 19.3 Å². The molecule has 2 atom stereocenters. The van der Waals surface area contributed by atoms with Crippen LogP contribution >= 0.6 is 0 Å². The lowest BCUT2D eigenvalue weighted by atomic mass is 9.99. The first-order chi connectivity index (χ1) is 32.9. The third-order valence-electron chi connectivity index (χ3n) is 14.4. The monoisotopic (exact) mass is 947 g/mol. The quantitative estimate of drug-likeness (QED) is 0.0343. The first-order valence-corrected chi connectivity index (χ1v) is 30.4. The average molecular weight is 948 g/mol. The van der Waals surface area contributed by atoms with Crippen molar-refractivity contribution in [2.45, 2.75) is 355 Å². The van der Waals surface area contributed by atoms with E-state index in [0.717, 1.165) is 63.7 Å². The summed E-state index contributed by atoms with van der Waals surface area (Å²) in [6.07, 6.45) is 60.9. The summed E-state index contributed by atoms with van der Waals surface area (Å²) < 4.78 is 16.9. The van der Waals surface area contributed by atoms with E-state index in [9.17, 15) is 14.4 Å². The van der Waals surface area contributed by atoms with Gasteiger partial charge < -0.3 is 14.2 Å².